The minimum Gasteiger partial charge on any atom is -0.497 e. The Balaban J connectivity index is 1.68. The highest BCUT2D eigenvalue weighted by Gasteiger charge is 2.14. The van der Waals surface area contributed by atoms with E-state index in [4.69, 9.17) is 18.6 Å². The van der Waals surface area contributed by atoms with Gasteiger partial charge in [-0.05, 0) is 48.6 Å². The molecule has 3 aromatic rings. The summed E-state index contributed by atoms with van der Waals surface area (Å²) in [6.45, 7) is 0.0103. The van der Waals surface area contributed by atoms with Gasteiger partial charge in [0.2, 0.25) is 0 Å². The second-order valence-electron chi connectivity index (χ2n) is 6.08. The number of para-hydroxylation sites is 2. The minimum absolute atomic E-state index is 0.0103. The highest BCUT2D eigenvalue weighted by atomic mass is 16.6. The first-order valence-corrected chi connectivity index (χ1v) is 8.91. The van der Waals surface area contributed by atoms with Crippen molar-refractivity contribution in [1.82, 2.24) is 0 Å². The molecule has 0 bridgehead atoms. The van der Waals surface area contributed by atoms with Crippen molar-refractivity contribution in [2.24, 2.45) is 0 Å². The Morgan fingerprint density at radius 3 is 2.60 bits per heavy atom. The van der Waals surface area contributed by atoms with Crippen molar-refractivity contribution in [3.63, 3.8) is 0 Å². The lowest BCUT2D eigenvalue weighted by molar-refractivity contribution is -0.386. The van der Waals surface area contributed by atoms with Crippen LogP contribution in [0.2, 0.25) is 0 Å². The molecule has 0 atom stereocenters. The molecule has 0 unspecified atom stereocenters. The molecule has 30 heavy (non-hydrogen) atoms. The molecular weight excluding hydrogens is 390 g/mol. The van der Waals surface area contributed by atoms with E-state index >= 15 is 0 Å². The van der Waals surface area contributed by atoms with Crippen molar-refractivity contribution >= 4 is 17.5 Å². The molecule has 0 saturated carbocycles. The maximum Gasteiger partial charge on any atom is 0.310 e. The summed E-state index contributed by atoms with van der Waals surface area (Å²) in [7, 11) is 3.00. The average molecular weight is 409 g/mol. The molecule has 154 valence electrons. The van der Waals surface area contributed by atoms with Crippen molar-refractivity contribution in [2.45, 2.75) is 6.61 Å². The van der Waals surface area contributed by atoms with Gasteiger partial charge in [0.15, 0.2) is 11.5 Å². The van der Waals surface area contributed by atoms with Crippen LogP contribution in [0.25, 0.3) is 6.08 Å². The Kier molecular flexibility index (Phi) is 6.49. The van der Waals surface area contributed by atoms with E-state index in [9.17, 15) is 14.9 Å². The molecule has 8 nitrogen and oxygen atoms in total. The van der Waals surface area contributed by atoms with E-state index in [1.165, 1.54) is 38.5 Å². The number of rotatable bonds is 9. The molecule has 0 N–H and O–H groups in total. The number of nitro benzene ring substituents is 1. The number of furan rings is 1. The zero-order valence-electron chi connectivity index (χ0n) is 16.4. The number of hydrogen-bond acceptors (Lipinski definition) is 7. The molecule has 1 heterocycles. The molecule has 2 aromatic carbocycles. The summed E-state index contributed by atoms with van der Waals surface area (Å²) < 4.78 is 21.5. The zero-order chi connectivity index (χ0) is 21.5. The van der Waals surface area contributed by atoms with Crippen LogP contribution in [0.3, 0.4) is 0 Å². The fourth-order valence-electron chi connectivity index (χ4n) is 2.69. The van der Waals surface area contributed by atoms with Crippen LogP contribution in [0, 0.1) is 10.1 Å². The fourth-order valence-corrected chi connectivity index (χ4v) is 2.69. The van der Waals surface area contributed by atoms with Crippen molar-refractivity contribution in [3.8, 4) is 17.2 Å². The molecule has 0 spiro atoms. The van der Waals surface area contributed by atoms with Crippen LogP contribution in [0.4, 0.5) is 5.69 Å². The summed E-state index contributed by atoms with van der Waals surface area (Å²) in [5.74, 6) is 1.74. The number of allylic oxidation sites excluding steroid dienone is 1. The Morgan fingerprint density at radius 2 is 1.87 bits per heavy atom. The molecule has 0 amide bonds. The molecule has 0 radical (unpaired) electrons. The van der Waals surface area contributed by atoms with E-state index in [2.05, 4.69) is 0 Å². The Morgan fingerprint density at radius 1 is 1.07 bits per heavy atom. The van der Waals surface area contributed by atoms with Crippen LogP contribution in [0.1, 0.15) is 21.9 Å². The molecule has 0 aliphatic carbocycles. The van der Waals surface area contributed by atoms with E-state index in [1.54, 1.807) is 42.5 Å². The summed E-state index contributed by atoms with van der Waals surface area (Å²) in [6, 6.07) is 14.4. The molecule has 3 rings (SSSR count). The number of hydrogen-bond donors (Lipinski definition) is 0. The Bertz CT molecular complexity index is 1080. The maximum atomic E-state index is 12.5. The minimum atomic E-state index is -0.510. The maximum absolute atomic E-state index is 12.5. The van der Waals surface area contributed by atoms with Gasteiger partial charge in [0, 0.05) is 6.07 Å². The molecule has 0 aliphatic rings. The van der Waals surface area contributed by atoms with Gasteiger partial charge >= 0.3 is 5.69 Å². The largest absolute Gasteiger partial charge is 0.497 e. The number of carbonyl (C=O) groups excluding carboxylic acids is 1. The number of benzene rings is 2. The number of ketones is 1. The number of nitro groups is 1. The number of nitrogens with zero attached hydrogens (tertiary/aromatic N) is 1. The molecule has 0 saturated heterocycles. The van der Waals surface area contributed by atoms with Crippen LogP contribution in [0.5, 0.6) is 17.2 Å². The first-order valence-electron chi connectivity index (χ1n) is 8.91. The monoisotopic (exact) mass is 409 g/mol. The predicted molar refractivity (Wildman–Crippen MR) is 109 cm³/mol. The normalized spacial score (nSPS) is 10.7. The topological polar surface area (TPSA) is 101 Å². The highest BCUT2D eigenvalue weighted by molar-refractivity contribution is 6.08. The second-order valence-corrected chi connectivity index (χ2v) is 6.08. The first-order chi connectivity index (χ1) is 14.5. The third kappa shape index (κ3) is 4.85. The number of carbonyl (C=O) groups is 1. The quantitative estimate of drug-likeness (QED) is 0.219. The van der Waals surface area contributed by atoms with E-state index in [0.29, 0.717) is 28.6 Å². The zero-order valence-corrected chi connectivity index (χ0v) is 16.4. The van der Waals surface area contributed by atoms with E-state index in [1.807, 2.05) is 0 Å². The van der Waals surface area contributed by atoms with Gasteiger partial charge in [0.25, 0.3) is 0 Å². The van der Waals surface area contributed by atoms with Crippen molar-refractivity contribution in [1.29, 1.82) is 0 Å². The van der Waals surface area contributed by atoms with Crippen LogP contribution < -0.4 is 14.2 Å². The summed E-state index contributed by atoms with van der Waals surface area (Å²) in [5.41, 5.74) is 0.238. The lowest BCUT2D eigenvalue weighted by Gasteiger charge is -2.07. The third-order valence-electron chi connectivity index (χ3n) is 4.19. The summed E-state index contributed by atoms with van der Waals surface area (Å²) in [5, 5.41) is 11.0. The average Bonchev–Trinajstić information content (AvgIpc) is 3.23. The fraction of sp³-hybridized carbons (Fsp3) is 0.136. The van der Waals surface area contributed by atoms with Crippen LogP contribution in [0.15, 0.2) is 65.1 Å². The van der Waals surface area contributed by atoms with Gasteiger partial charge in [-0.3, -0.25) is 14.9 Å². The Hall–Kier alpha value is -4.07. The van der Waals surface area contributed by atoms with Gasteiger partial charge in [0.1, 0.15) is 29.6 Å². The van der Waals surface area contributed by atoms with Crippen LogP contribution in [-0.2, 0) is 6.61 Å². The van der Waals surface area contributed by atoms with Gasteiger partial charge in [-0.1, -0.05) is 12.1 Å². The van der Waals surface area contributed by atoms with Gasteiger partial charge in [-0.2, -0.15) is 0 Å². The van der Waals surface area contributed by atoms with Gasteiger partial charge in [-0.25, -0.2) is 0 Å². The molecular formula is C22H19NO7. The molecule has 0 aliphatic heterocycles. The van der Waals surface area contributed by atoms with Gasteiger partial charge in [-0.15, -0.1) is 0 Å². The standard InChI is InChI=1S/C22H19NO7/c1-27-16-10-12-21(28-2)18(13-16)20(24)11-9-15-7-8-17(30-15)14-29-22-6-4-3-5-19(22)23(25)26/h3-13H,14H2,1-2H3/b11-9+. The SMILES string of the molecule is COc1ccc(OC)c(C(=O)/C=C/c2ccc(COc3ccccc3[N+](=O)[O-])o2)c1. The van der Waals surface area contributed by atoms with Gasteiger partial charge in [0.05, 0.1) is 24.7 Å². The van der Waals surface area contributed by atoms with Crippen molar-refractivity contribution in [2.75, 3.05) is 14.2 Å². The summed E-state index contributed by atoms with van der Waals surface area (Å²) in [6.07, 6.45) is 2.89. The van der Waals surface area contributed by atoms with Crippen LogP contribution in [-0.4, -0.2) is 24.9 Å². The second kappa shape index (κ2) is 9.42. The Labute approximate surface area is 172 Å². The number of ether oxygens (including phenoxy) is 3. The smallest absolute Gasteiger partial charge is 0.310 e. The van der Waals surface area contributed by atoms with Gasteiger partial charge < -0.3 is 18.6 Å². The molecule has 0 fully saturated rings. The van der Waals surface area contributed by atoms with Crippen molar-refractivity contribution in [3.05, 3.63) is 87.9 Å². The van der Waals surface area contributed by atoms with E-state index in [0.717, 1.165) is 0 Å². The summed E-state index contributed by atoms with van der Waals surface area (Å²) >= 11 is 0. The third-order valence-corrected chi connectivity index (χ3v) is 4.19. The first kappa shape index (κ1) is 20.7. The molecule has 8 heteroatoms. The predicted octanol–water partition coefficient (Wildman–Crippen LogP) is 4.68. The highest BCUT2D eigenvalue weighted by Crippen LogP contribution is 2.27. The summed E-state index contributed by atoms with van der Waals surface area (Å²) in [4.78, 5) is 23.1. The lowest BCUT2D eigenvalue weighted by Crippen LogP contribution is -1.99. The van der Waals surface area contributed by atoms with Crippen molar-refractivity contribution < 1.29 is 28.3 Å². The van der Waals surface area contributed by atoms with E-state index < -0.39 is 4.92 Å². The molecule has 1 aromatic heterocycles. The lowest BCUT2D eigenvalue weighted by atomic mass is 10.1. The number of methoxy groups -OCH3 is 2. The van der Waals surface area contributed by atoms with E-state index in [-0.39, 0.29) is 23.8 Å². The van der Waals surface area contributed by atoms with Crippen LogP contribution >= 0.6 is 0 Å².